The van der Waals surface area contributed by atoms with Gasteiger partial charge in [-0.05, 0) is 36.2 Å². The lowest BCUT2D eigenvalue weighted by Gasteiger charge is -2.10. The number of ether oxygens (including phenoxy) is 2. The lowest BCUT2D eigenvalue weighted by Crippen LogP contribution is -2.04. The van der Waals surface area contributed by atoms with E-state index >= 15 is 0 Å². The Morgan fingerprint density at radius 2 is 1.70 bits per heavy atom. The van der Waals surface area contributed by atoms with Gasteiger partial charge in [-0.25, -0.2) is 0 Å². The zero-order chi connectivity index (χ0) is 14.2. The maximum absolute atomic E-state index is 5.54. The molecule has 2 aromatic rings. The van der Waals surface area contributed by atoms with E-state index in [4.69, 9.17) is 9.47 Å². The maximum atomic E-state index is 5.54. The first-order chi connectivity index (χ1) is 9.79. The summed E-state index contributed by atoms with van der Waals surface area (Å²) < 4.78 is 10.5. The second kappa shape index (κ2) is 7.56. The van der Waals surface area contributed by atoms with Crippen molar-refractivity contribution in [3.05, 3.63) is 59.7 Å². The molecule has 1 N–H and O–H groups in total. The van der Waals surface area contributed by atoms with Gasteiger partial charge in [-0.1, -0.05) is 30.3 Å². The van der Waals surface area contributed by atoms with E-state index in [1.807, 2.05) is 24.3 Å². The van der Waals surface area contributed by atoms with Crippen molar-refractivity contribution in [3.63, 3.8) is 0 Å². The highest BCUT2D eigenvalue weighted by atomic mass is 16.5. The van der Waals surface area contributed by atoms with Crippen LogP contribution in [-0.2, 0) is 11.3 Å². The van der Waals surface area contributed by atoms with Crippen molar-refractivity contribution in [1.29, 1.82) is 0 Å². The first-order valence-corrected chi connectivity index (χ1v) is 6.80. The smallest absolute Gasteiger partial charge is 0.119 e. The predicted octanol–water partition coefficient (Wildman–Crippen LogP) is 3.63. The van der Waals surface area contributed by atoms with Crippen LogP contribution in [0, 0.1) is 6.92 Å². The topological polar surface area (TPSA) is 30.5 Å². The number of methoxy groups -OCH3 is 1. The van der Waals surface area contributed by atoms with Crippen LogP contribution >= 0.6 is 0 Å². The third-order valence-corrected chi connectivity index (χ3v) is 3.11. The largest absolute Gasteiger partial charge is 0.491 e. The van der Waals surface area contributed by atoms with Gasteiger partial charge in [0.2, 0.25) is 0 Å². The number of rotatable bonds is 7. The van der Waals surface area contributed by atoms with Crippen molar-refractivity contribution < 1.29 is 9.47 Å². The molecule has 0 aliphatic heterocycles. The minimum atomic E-state index is 0.581. The van der Waals surface area contributed by atoms with E-state index in [0.717, 1.165) is 12.3 Å². The monoisotopic (exact) mass is 271 g/mol. The standard InChI is InChI=1S/C17H21NO2/c1-14-5-3-4-6-17(14)18-13-15-7-9-16(10-8-15)20-12-11-19-2/h3-10,18H,11-13H2,1-2H3. The summed E-state index contributed by atoms with van der Waals surface area (Å²) in [6.07, 6.45) is 0. The second-order valence-electron chi connectivity index (χ2n) is 4.65. The first-order valence-electron chi connectivity index (χ1n) is 6.80. The number of nitrogens with one attached hydrogen (secondary N) is 1. The molecule has 0 radical (unpaired) electrons. The molecule has 106 valence electrons. The van der Waals surface area contributed by atoms with Crippen LogP contribution in [0.5, 0.6) is 5.75 Å². The molecule has 0 unspecified atom stereocenters. The lowest BCUT2D eigenvalue weighted by molar-refractivity contribution is 0.146. The van der Waals surface area contributed by atoms with Gasteiger partial charge in [0, 0.05) is 19.3 Å². The molecular formula is C17H21NO2. The number of benzene rings is 2. The Morgan fingerprint density at radius 3 is 2.40 bits per heavy atom. The van der Waals surface area contributed by atoms with Crippen LogP contribution in [0.1, 0.15) is 11.1 Å². The summed E-state index contributed by atoms with van der Waals surface area (Å²) in [5.41, 5.74) is 3.66. The third-order valence-electron chi connectivity index (χ3n) is 3.11. The van der Waals surface area contributed by atoms with Gasteiger partial charge in [0.05, 0.1) is 6.61 Å². The average molecular weight is 271 g/mol. The molecule has 0 fully saturated rings. The summed E-state index contributed by atoms with van der Waals surface area (Å²) in [7, 11) is 1.67. The van der Waals surface area contributed by atoms with Gasteiger partial charge in [0.25, 0.3) is 0 Å². The van der Waals surface area contributed by atoms with Crippen LogP contribution in [0.25, 0.3) is 0 Å². The molecule has 0 saturated heterocycles. The molecule has 0 aliphatic rings. The van der Waals surface area contributed by atoms with Crippen molar-refractivity contribution >= 4 is 5.69 Å². The van der Waals surface area contributed by atoms with E-state index in [0.29, 0.717) is 13.2 Å². The zero-order valence-corrected chi connectivity index (χ0v) is 12.1. The van der Waals surface area contributed by atoms with Crippen molar-refractivity contribution in [2.24, 2.45) is 0 Å². The molecule has 0 spiro atoms. The molecule has 2 rings (SSSR count). The van der Waals surface area contributed by atoms with Crippen molar-refractivity contribution in [2.45, 2.75) is 13.5 Å². The van der Waals surface area contributed by atoms with Gasteiger partial charge in [-0.15, -0.1) is 0 Å². The summed E-state index contributed by atoms with van der Waals surface area (Å²) in [5.74, 6) is 0.877. The second-order valence-corrected chi connectivity index (χ2v) is 4.65. The first kappa shape index (κ1) is 14.4. The van der Waals surface area contributed by atoms with Crippen molar-refractivity contribution in [3.8, 4) is 5.75 Å². The molecule has 0 heterocycles. The number of para-hydroxylation sites is 1. The highest BCUT2D eigenvalue weighted by Gasteiger charge is 1.98. The number of anilines is 1. The Labute approximate surface area is 120 Å². The Morgan fingerprint density at radius 1 is 0.950 bits per heavy atom. The van der Waals surface area contributed by atoms with Gasteiger partial charge in [0.15, 0.2) is 0 Å². The minimum absolute atomic E-state index is 0.581. The van der Waals surface area contributed by atoms with Gasteiger partial charge in [-0.3, -0.25) is 0 Å². The zero-order valence-electron chi connectivity index (χ0n) is 12.1. The molecular weight excluding hydrogens is 250 g/mol. The normalized spacial score (nSPS) is 10.3. The maximum Gasteiger partial charge on any atom is 0.119 e. The number of aryl methyl sites for hydroxylation is 1. The minimum Gasteiger partial charge on any atom is -0.491 e. The molecule has 20 heavy (non-hydrogen) atoms. The van der Waals surface area contributed by atoms with Crippen LogP contribution in [0.2, 0.25) is 0 Å². The van der Waals surface area contributed by atoms with E-state index in [-0.39, 0.29) is 0 Å². The van der Waals surface area contributed by atoms with E-state index in [1.165, 1.54) is 16.8 Å². The highest BCUT2D eigenvalue weighted by Crippen LogP contribution is 2.16. The van der Waals surface area contributed by atoms with Crippen LogP contribution in [0.15, 0.2) is 48.5 Å². The molecule has 2 aromatic carbocycles. The average Bonchev–Trinajstić information content (AvgIpc) is 2.48. The Kier molecular flexibility index (Phi) is 5.44. The summed E-state index contributed by atoms with van der Waals surface area (Å²) in [6.45, 7) is 4.10. The fraction of sp³-hybridized carbons (Fsp3) is 0.294. The SMILES string of the molecule is COCCOc1ccc(CNc2ccccc2C)cc1. The van der Waals surface area contributed by atoms with Crippen molar-refractivity contribution in [1.82, 2.24) is 0 Å². The molecule has 0 saturated carbocycles. The summed E-state index contributed by atoms with van der Waals surface area (Å²) in [4.78, 5) is 0. The summed E-state index contributed by atoms with van der Waals surface area (Å²) in [5, 5.41) is 3.44. The fourth-order valence-corrected chi connectivity index (χ4v) is 1.91. The van der Waals surface area contributed by atoms with Gasteiger partial charge >= 0.3 is 0 Å². The fourth-order valence-electron chi connectivity index (χ4n) is 1.91. The Hall–Kier alpha value is -2.00. The van der Waals surface area contributed by atoms with Crippen LogP contribution < -0.4 is 10.1 Å². The Balaban J connectivity index is 1.86. The van der Waals surface area contributed by atoms with E-state index in [1.54, 1.807) is 7.11 Å². The van der Waals surface area contributed by atoms with Gasteiger partial charge < -0.3 is 14.8 Å². The van der Waals surface area contributed by atoms with Gasteiger partial charge in [-0.2, -0.15) is 0 Å². The molecule has 0 atom stereocenters. The molecule has 0 amide bonds. The predicted molar refractivity (Wildman–Crippen MR) is 82.3 cm³/mol. The van der Waals surface area contributed by atoms with Crippen LogP contribution in [0.3, 0.4) is 0 Å². The molecule has 3 heteroatoms. The molecule has 0 aromatic heterocycles. The molecule has 0 bridgehead atoms. The quantitative estimate of drug-likeness (QED) is 0.780. The number of hydrogen-bond donors (Lipinski definition) is 1. The summed E-state index contributed by atoms with van der Waals surface area (Å²) >= 11 is 0. The van der Waals surface area contributed by atoms with Crippen LogP contribution in [0.4, 0.5) is 5.69 Å². The Bertz CT molecular complexity index is 523. The van der Waals surface area contributed by atoms with Crippen LogP contribution in [-0.4, -0.2) is 20.3 Å². The van der Waals surface area contributed by atoms with E-state index < -0.39 is 0 Å². The van der Waals surface area contributed by atoms with Crippen molar-refractivity contribution in [2.75, 3.05) is 25.6 Å². The molecule has 0 aliphatic carbocycles. The van der Waals surface area contributed by atoms with E-state index in [9.17, 15) is 0 Å². The number of hydrogen-bond acceptors (Lipinski definition) is 3. The van der Waals surface area contributed by atoms with Gasteiger partial charge in [0.1, 0.15) is 12.4 Å². The van der Waals surface area contributed by atoms with E-state index in [2.05, 4.69) is 36.5 Å². The lowest BCUT2D eigenvalue weighted by atomic mass is 10.1. The third kappa shape index (κ3) is 4.28. The highest BCUT2D eigenvalue weighted by molar-refractivity contribution is 5.50. The summed E-state index contributed by atoms with van der Waals surface area (Å²) in [6, 6.07) is 16.4. The molecule has 3 nitrogen and oxygen atoms in total.